The molecule has 0 aliphatic heterocycles. The van der Waals surface area contributed by atoms with Gasteiger partial charge in [-0.05, 0) is 44.1 Å². The molecule has 20 heavy (non-hydrogen) atoms. The molecule has 0 radical (unpaired) electrons. The van der Waals surface area contributed by atoms with Crippen LogP contribution in [-0.4, -0.2) is 18.2 Å². The lowest BCUT2D eigenvalue weighted by molar-refractivity contribution is 0.112. The number of aryl methyl sites for hydroxylation is 1. The number of hydrogen-bond acceptors (Lipinski definition) is 3. The second kappa shape index (κ2) is 6.96. The van der Waals surface area contributed by atoms with Crippen LogP contribution in [0.25, 0.3) is 0 Å². The summed E-state index contributed by atoms with van der Waals surface area (Å²) in [6.45, 7) is 6.52. The van der Waals surface area contributed by atoms with Gasteiger partial charge in [-0.1, -0.05) is 26.7 Å². The van der Waals surface area contributed by atoms with Crippen molar-refractivity contribution in [2.24, 2.45) is 11.8 Å². The van der Waals surface area contributed by atoms with Gasteiger partial charge >= 0.3 is 0 Å². The summed E-state index contributed by atoms with van der Waals surface area (Å²) in [4.78, 5) is 4.40. The van der Waals surface area contributed by atoms with Gasteiger partial charge in [0.2, 0.25) is 5.88 Å². The Morgan fingerprint density at radius 2 is 1.95 bits per heavy atom. The number of methoxy groups -OCH3 is 1. The minimum atomic E-state index is 0.325. The van der Waals surface area contributed by atoms with E-state index in [0.717, 1.165) is 17.9 Å². The van der Waals surface area contributed by atoms with E-state index < -0.39 is 0 Å². The van der Waals surface area contributed by atoms with Crippen LogP contribution in [0.3, 0.4) is 0 Å². The Hall–Kier alpha value is -1.25. The summed E-state index contributed by atoms with van der Waals surface area (Å²) in [5, 5.41) is 0. The molecule has 0 aromatic carbocycles. The molecule has 0 saturated heterocycles. The minimum absolute atomic E-state index is 0.325. The van der Waals surface area contributed by atoms with Crippen molar-refractivity contribution in [1.29, 1.82) is 0 Å². The first kappa shape index (κ1) is 15.1. The van der Waals surface area contributed by atoms with Crippen LogP contribution >= 0.6 is 0 Å². The van der Waals surface area contributed by atoms with Crippen molar-refractivity contribution >= 4 is 0 Å². The van der Waals surface area contributed by atoms with Gasteiger partial charge in [-0.15, -0.1) is 0 Å². The third-order valence-corrected chi connectivity index (χ3v) is 4.13. The number of nitrogens with zero attached hydrogens (tertiary/aromatic N) is 1. The van der Waals surface area contributed by atoms with Crippen molar-refractivity contribution in [3.63, 3.8) is 0 Å². The van der Waals surface area contributed by atoms with E-state index in [1.165, 1.54) is 25.7 Å². The quantitative estimate of drug-likeness (QED) is 0.773. The molecule has 1 unspecified atom stereocenters. The van der Waals surface area contributed by atoms with Gasteiger partial charge in [-0.25, -0.2) is 4.98 Å². The lowest BCUT2D eigenvalue weighted by atomic mass is 9.93. The molecule has 3 nitrogen and oxygen atoms in total. The highest BCUT2D eigenvalue weighted by atomic mass is 16.5. The average Bonchev–Trinajstić information content (AvgIpc) is 2.93. The first-order chi connectivity index (χ1) is 9.60. The fourth-order valence-electron chi connectivity index (χ4n) is 3.06. The van der Waals surface area contributed by atoms with Gasteiger partial charge in [-0.3, -0.25) is 0 Å². The Morgan fingerprint density at radius 1 is 1.25 bits per heavy atom. The first-order valence-electron chi connectivity index (χ1n) is 7.78. The van der Waals surface area contributed by atoms with Gasteiger partial charge in [0.1, 0.15) is 11.9 Å². The van der Waals surface area contributed by atoms with Gasteiger partial charge < -0.3 is 9.47 Å². The standard InChI is InChI=1S/C17H27NO2/c1-12(2)11-16(14-7-5-6-8-14)20-15-9-10-17(19-4)18-13(15)3/h9-10,12,14,16H,5-8,11H2,1-4H3. The molecule has 1 aliphatic carbocycles. The number of rotatable bonds is 6. The number of hydrogen-bond donors (Lipinski definition) is 0. The predicted octanol–water partition coefficient (Wildman–Crippen LogP) is 4.38. The van der Waals surface area contributed by atoms with Gasteiger partial charge in [0.05, 0.1) is 12.8 Å². The van der Waals surface area contributed by atoms with Crippen molar-refractivity contribution < 1.29 is 9.47 Å². The van der Waals surface area contributed by atoms with Crippen LogP contribution in [-0.2, 0) is 0 Å². The molecule has 1 atom stereocenters. The Balaban J connectivity index is 2.10. The summed E-state index contributed by atoms with van der Waals surface area (Å²) in [5.74, 6) is 2.92. The van der Waals surface area contributed by atoms with Crippen molar-refractivity contribution in [1.82, 2.24) is 4.98 Å². The number of pyridine rings is 1. The number of ether oxygens (including phenoxy) is 2. The molecule has 2 rings (SSSR count). The summed E-state index contributed by atoms with van der Waals surface area (Å²) < 4.78 is 11.5. The minimum Gasteiger partial charge on any atom is -0.488 e. The van der Waals surface area contributed by atoms with Crippen molar-refractivity contribution in [3.8, 4) is 11.6 Å². The van der Waals surface area contributed by atoms with Crippen LogP contribution in [0.1, 0.15) is 51.6 Å². The first-order valence-corrected chi connectivity index (χ1v) is 7.78. The maximum atomic E-state index is 6.32. The molecular formula is C17H27NO2. The molecule has 1 saturated carbocycles. The van der Waals surface area contributed by atoms with Crippen molar-refractivity contribution in [2.45, 2.75) is 59.0 Å². The van der Waals surface area contributed by atoms with E-state index in [4.69, 9.17) is 9.47 Å². The SMILES string of the molecule is COc1ccc(OC(CC(C)C)C2CCCC2)c(C)n1. The fourth-order valence-corrected chi connectivity index (χ4v) is 3.06. The van der Waals surface area contributed by atoms with Gasteiger partial charge in [0.25, 0.3) is 0 Å². The second-order valence-corrected chi connectivity index (χ2v) is 6.27. The van der Waals surface area contributed by atoms with E-state index in [-0.39, 0.29) is 0 Å². The Kier molecular flexibility index (Phi) is 5.27. The monoisotopic (exact) mass is 277 g/mol. The zero-order chi connectivity index (χ0) is 14.5. The summed E-state index contributed by atoms with van der Waals surface area (Å²) in [5.41, 5.74) is 0.913. The van der Waals surface area contributed by atoms with Crippen molar-refractivity contribution in [2.75, 3.05) is 7.11 Å². The third kappa shape index (κ3) is 3.87. The molecule has 3 heteroatoms. The smallest absolute Gasteiger partial charge is 0.213 e. The largest absolute Gasteiger partial charge is 0.488 e. The molecular weight excluding hydrogens is 250 g/mol. The molecule has 0 spiro atoms. The molecule has 0 amide bonds. The van der Waals surface area contributed by atoms with E-state index in [1.54, 1.807) is 7.11 Å². The van der Waals surface area contributed by atoms with Crippen LogP contribution in [0.4, 0.5) is 0 Å². The zero-order valence-electron chi connectivity index (χ0n) is 13.2. The third-order valence-electron chi connectivity index (χ3n) is 4.13. The summed E-state index contributed by atoms with van der Waals surface area (Å²) in [7, 11) is 1.64. The van der Waals surface area contributed by atoms with Gasteiger partial charge in [-0.2, -0.15) is 0 Å². The highest BCUT2D eigenvalue weighted by Crippen LogP contribution is 2.33. The van der Waals surface area contributed by atoms with Crippen LogP contribution in [0, 0.1) is 18.8 Å². The van der Waals surface area contributed by atoms with Crippen LogP contribution in [0.2, 0.25) is 0 Å². The van der Waals surface area contributed by atoms with Crippen LogP contribution < -0.4 is 9.47 Å². The molecule has 1 fully saturated rings. The van der Waals surface area contributed by atoms with E-state index in [2.05, 4.69) is 18.8 Å². The topological polar surface area (TPSA) is 31.4 Å². The molecule has 0 bridgehead atoms. The lowest BCUT2D eigenvalue weighted by Gasteiger charge is -2.27. The highest BCUT2D eigenvalue weighted by molar-refractivity contribution is 5.30. The maximum absolute atomic E-state index is 6.32. The summed E-state index contributed by atoms with van der Waals surface area (Å²) >= 11 is 0. The molecule has 112 valence electrons. The molecule has 1 heterocycles. The Morgan fingerprint density at radius 3 is 2.50 bits per heavy atom. The Labute approximate surface area is 122 Å². The fraction of sp³-hybridized carbons (Fsp3) is 0.706. The van der Waals surface area contributed by atoms with Gasteiger partial charge in [0.15, 0.2) is 0 Å². The van der Waals surface area contributed by atoms with Crippen LogP contribution in [0.5, 0.6) is 11.6 Å². The summed E-state index contributed by atoms with van der Waals surface area (Å²) in [6, 6.07) is 3.87. The summed E-state index contributed by atoms with van der Waals surface area (Å²) in [6.07, 6.45) is 6.76. The van der Waals surface area contributed by atoms with E-state index in [1.807, 2.05) is 19.1 Å². The van der Waals surface area contributed by atoms with Crippen LogP contribution in [0.15, 0.2) is 12.1 Å². The molecule has 0 N–H and O–H groups in total. The average molecular weight is 277 g/mol. The van der Waals surface area contributed by atoms with Crippen molar-refractivity contribution in [3.05, 3.63) is 17.8 Å². The van der Waals surface area contributed by atoms with E-state index in [9.17, 15) is 0 Å². The zero-order valence-corrected chi connectivity index (χ0v) is 13.2. The predicted molar refractivity (Wildman–Crippen MR) is 81.4 cm³/mol. The van der Waals surface area contributed by atoms with Gasteiger partial charge in [0, 0.05) is 6.07 Å². The lowest BCUT2D eigenvalue weighted by Crippen LogP contribution is -2.27. The maximum Gasteiger partial charge on any atom is 0.213 e. The molecule has 1 aromatic rings. The normalized spacial score (nSPS) is 17.4. The molecule has 1 aliphatic rings. The Bertz CT molecular complexity index is 425. The number of aromatic nitrogens is 1. The van der Waals surface area contributed by atoms with E-state index >= 15 is 0 Å². The highest BCUT2D eigenvalue weighted by Gasteiger charge is 2.27. The second-order valence-electron chi connectivity index (χ2n) is 6.27. The molecule has 1 aromatic heterocycles. The van der Waals surface area contributed by atoms with E-state index in [0.29, 0.717) is 23.8 Å².